The number of guanidine groups is 1. The Morgan fingerprint density at radius 2 is 1.62 bits per heavy atom. The number of nitrogens with one attached hydrogen (secondary N) is 2. The van der Waals surface area contributed by atoms with Crippen LogP contribution < -0.4 is 10.6 Å². The van der Waals surface area contributed by atoms with Crippen LogP contribution in [0.25, 0.3) is 0 Å². The van der Waals surface area contributed by atoms with Gasteiger partial charge in [-0.2, -0.15) is 0 Å². The molecule has 3 nitrogen and oxygen atoms in total. The Labute approximate surface area is 127 Å². The standard InChI is InChI=1S/C18H23N3/c1-2-3-14-19-18(21-17-12-8-5-9-13-17)20-15-16-10-6-4-7-11-16/h4-13H,2-3,14-15H2,1H3,(H2,19,20,21). The average Bonchev–Trinajstić information content (AvgIpc) is 2.54. The van der Waals surface area contributed by atoms with E-state index in [1.54, 1.807) is 0 Å². The normalized spacial score (nSPS) is 11.2. The summed E-state index contributed by atoms with van der Waals surface area (Å²) in [5.74, 6) is 0.832. The molecule has 0 amide bonds. The highest BCUT2D eigenvalue weighted by Gasteiger charge is 1.99. The second-order valence-electron chi connectivity index (χ2n) is 4.92. The first-order valence-electron chi connectivity index (χ1n) is 7.53. The molecule has 2 rings (SSSR count). The van der Waals surface area contributed by atoms with Crippen molar-refractivity contribution >= 4 is 11.6 Å². The maximum atomic E-state index is 4.66. The van der Waals surface area contributed by atoms with Crippen LogP contribution in [0.5, 0.6) is 0 Å². The molecule has 0 fully saturated rings. The van der Waals surface area contributed by atoms with Crippen molar-refractivity contribution in [3.05, 3.63) is 66.2 Å². The fourth-order valence-corrected chi connectivity index (χ4v) is 1.94. The average molecular weight is 281 g/mol. The molecule has 2 aromatic carbocycles. The van der Waals surface area contributed by atoms with Gasteiger partial charge in [-0.1, -0.05) is 61.9 Å². The third-order valence-electron chi connectivity index (χ3n) is 3.12. The molecule has 0 aromatic heterocycles. The van der Waals surface area contributed by atoms with Crippen LogP contribution in [0.3, 0.4) is 0 Å². The third kappa shape index (κ3) is 5.69. The lowest BCUT2D eigenvalue weighted by Gasteiger charge is -2.12. The topological polar surface area (TPSA) is 36.4 Å². The Hall–Kier alpha value is -2.29. The summed E-state index contributed by atoms with van der Waals surface area (Å²) in [6, 6.07) is 20.4. The molecule has 0 heterocycles. The predicted octanol–water partition coefficient (Wildman–Crippen LogP) is 4.04. The van der Waals surface area contributed by atoms with Gasteiger partial charge in [0.25, 0.3) is 0 Å². The molecule has 21 heavy (non-hydrogen) atoms. The van der Waals surface area contributed by atoms with Crippen LogP contribution in [0.1, 0.15) is 25.3 Å². The molecule has 0 spiro atoms. The number of hydrogen-bond acceptors (Lipinski definition) is 1. The van der Waals surface area contributed by atoms with Crippen LogP contribution in [-0.2, 0) is 6.54 Å². The molecule has 0 saturated carbocycles. The molecule has 0 radical (unpaired) electrons. The molecular weight excluding hydrogens is 258 g/mol. The van der Waals surface area contributed by atoms with Crippen molar-refractivity contribution in [3.8, 4) is 0 Å². The molecule has 0 unspecified atom stereocenters. The first-order chi connectivity index (χ1) is 10.4. The maximum absolute atomic E-state index is 4.66. The van der Waals surface area contributed by atoms with Crippen LogP contribution in [-0.4, -0.2) is 12.5 Å². The van der Waals surface area contributed by atoms with E-state index < -0.39 is 0 Å². The van der Waals surface area contributed by atoms with Gasteiger partial charge in [-0.3, -0.25) is 0 Å². The molecule has 0 aliphatic heterocycles. The summed E-state index contributed by atoms with van der Waals surface area (Å²) in [5.41, 5.74) is 2.26. The number of hydrogen-bond donors (Lipinski definition) is 2. The molecule has 110 valence electrons. The number of nitrogens with zero attached hydrogens (tertiary/aromatic N) is 1. The first kappa shape index (κ1) is 15.1. The molecule has 2 N–H and O–H groups in total. The summed E-state index contributed by atoms with van der Waals surface area (Å²) in [5, 5.41) is 6.73. The summed E-state index contributed by atoms with van der Waals surface area (Å²) in [7, 11) is 0. The van der Waals surface area contributed by atoms with Gasteiger partial charge in [0.15, 0.2) is 5.96 Å². The lowest BCUT2D eigenvalue weighted by Crippen LogP contribution is -2.31. The van der Waals surface area contributed by atoms with E-state index in [4.69, 9.17) is 0 Å². The smallest absolute Gasteiger partial charge is 0.196 e. The summed E-state index contributed by atoms with van der Waals surface area (Å²) in [6.07, 6.45) is 2.31. The number of anilines is 1. The molecule has 0 bridgehead atoms. The van der Waals surface area contributed by atoms with Crippen LogP contribution >= 0.6 is 0 Å². The summed E-state index contributed by atoms with van der Waals surface area (Å²) >= 11 is 0. The van der Waals surface area contributed by atoms with Gasteiger partial charge in [0.2, 0.25) is 0 Å². The second kappa shape index (κ2) is 8.80. The van der Waals surface area contributed by atoms with Crippen molar-refractivity contribution < 1.29 is 0 Å². The predicted molar refractivity (Wildman–Crippen MR) is 90.6 cm³/mol. The van der Waals surface area contributed by atoms with E-state index in [9.17, 15) is 0 Å². The first-order valence-corrected chi connectivity index (χ1v) is 7.53. The SMILES string of the molecule is CCCCNC(=NCc1ccccc1)Nc1ccccc1. The minimum atomic E-state index is 0.676. The minimum absolute atomic E-state index is 0.676. The van der Waals surface area contributed by atoms with Gasteiger partial charge >= 0.3 is 0 Å². The van der Waals surface area contributed by atoms with Gasteiger partial charge in [0, 0.05) is 12.2 Å². The van der Waals surface area contributed by atoms with Gasteiger partial charge < -0.3 is 10.6 Å². The highest BCUT2D eigenvalue weighted by molar-refractivity contribution is 5.93. The lowest BCUT2D eigenvalue weighted by atomic mass is 10.2. The van der Waals surface area contributed by atoms with Gasteiger partial charge in [-0.15, -0.1) is 0 Å². The fourth-order valence-electron chi connectivity index (χ4n) is 1.94. The van der Waals surface area contributed by atoms with Crippen molar-refractivity contribution in [2.24, 2.45) is 4.99 Å². The largest absolute Gasteiger partial charge is 0.356 e. The molecule has 0 saturated heterocycles. The zero-order valence-corrected chi connectivity index (χ0v) is 12.5. The zero-order valence-electron chi connectivity index (χ0n) is 12.5. The number of unbranched alkanes of at least 4 members (excludes halogenated alkanes) is 1. The quantitative estimate of drug-likeness (QED) is 0.476. The van der Waals surface area contributed by atoms with Crippen LogP contribution in [0.15, 0.2) is 65.7 Å². The monoisotopic (exact) mass is 281 g/mol. The Balaban J connectivity index is 2.00. The summed E-state index contributed by atoms with van der Waals surface area (Å²) in [4.78, 5) is 4.66. The molecule has 0 aliphatic carbocycles. The number of rotatable bonds is 6. The highest BCUT2D eigenvalue weighted by atomic mass is 15.2. The Kier molecular flexibility index (Phi) is 6.33. The van der Waals surface area contributed by atoms with Gasteiger partial charge in [0.1, 0.15) is 0 Å². The van der Waals surface area contributed by atoms with E-state index in [-0.39, 0.29) is 0 Å². The second-order valence-corrected chi connectivity index (χ2v) is 4.92. The van der Waals surface area contributed by atoms with Crippen molar-refractivity contribution in [2.75, 3.05) is 11.9 Å². The minimum Gasteiger partial charge on any atom is -0.356 e. The van der Waals surface area contributed by atoms with E-state index in [2.05, 4.69) is 34.7 Å². The van der Waals surface area contributed by atoms with Crippen LogP contribution in [0.4, 0.5) is 5.69 Å². The maximum Gasteiger partial charge on any atom is 0.196 e. The molecular formula is C18H23N3. The molecule has 2 aromatic rings. The van der Waals surface area contributed by atoms with E-state index >= 15 is 0 Å². The molecule has 0 atom stereocenters. The van der Waals surface area contributed by atoms with E-state index in [1.807, 2.05) is 48.5 Å². The summed E-state index contributed by atoms with van der Waals surface area (Å²) < 4.78 is 0. The van der Waals surface area contributed by atoms with Gasteiger partial charge in [-0.05, 0) is 24.1 Å². The number of aliphatic imine (C=N–C) groups is 1. The highest BCUT2D eigenvalue weighted by Crippen LogP contribution is 2.06. The van der Waals surface area contributed by atoms with Gasteiger partial charge in [0.05, 0.1) is 6.54 Å². The lowest BCUT2D eigenvalue weighted by molar-refractivity contribution is 0.750. The zero-order chi connectivity index (χ0) is 14.8. The van der Waals surface area contributed by atoms with Gasteiger partial charge in [-0.25, -0.2) is 4.99 Å². The third-order valence-corrected chi connectivity index (χ3v) is 3.12. The molecule has 3 heteroatoms. The molecule has 0 aliphatic rings. The van der Waals surface area contributed by atoms with E-state index in [0.717, 1.165) is 24.6 Å². The number of para-hydroxylation sites is 1. The van der Waals surface area contributed by atoms with Crippen molar-refractivity contribution in [1.29, 1.82) is 0 Å². The van der Waals surface area contributed by atoms with Crippen LogP contribution in [0, 0.1) is 0 Å². The summed E-state index contributed by atoms with van der Waals surface area (Å²) in [6.45, 7) is 3.80. The number of benzene rings is 2. The van der Waals surface area contributed by atoms with Crippen molar-refractivity contribution in [3.63, 3.8) is 0 Å². The van der Waals surface area contributed by atoms with E-state index in [1.165, 1.54) is 12.0 Å². The fraction of sp³-hybridized carbons (Fsp3) is 0.278. The van der Waals surface area contributed by atoms with E-state index in [0.29, 0.717) is 6.54 Å². The Morgan fingerprint density at radius 1 is 0.952 bits per heavy atom. The van der Waals surface area contributed by atoms with Crippen molar-refractivity contribution in [1.82, 2.24) is 5.32 Å². The Morgan fingerprint density at radius 3 is 2.29 bits per heavy atom. The Bertz CT molecular complexity index is 535. The van der Waals surface area contributed by atoms with Crippen molar-refractivity contribution in [2.45, 2.75) is 26.3 Å². The van der Waals surface area contributed by atoms with Crippen LogP contribution in [0.2, 0.25) is 0 Å².